The first-order valence-electron chi connectivity index (χ1n) is 5.65. The predicted molar refractivity (Wildman–Crippen MR) is 69.2 cm³/mol. The molecular weight excluding hydrogens is 231 g/mol. The second-order valence-corrected chi connectivity index (χ2v) is 5.96. The molecule has 0 saturated heterocycles. The van der Waals surface area contributed by atoms with E-state index in [0.717, 1.165) is 25.7 Å². The van der Waals surface area contributed by atoms with Crippen LogP contribution in [0.3, 0.4) is 0 Å². The Kier molecular flexibility index (Phi) is 7.23. The Bertz CT molecular complexity index is 149. The molecule has 0 saturated carbocycles. The number of ether oxygens (including phenoxy) is 1. The highest BCUT2D eigenvalue weighted by Crippen LogP contribution is 2.27. The maximum absolute atomic E-state index is 6.11. The van der Waals surface area contributed by atoms with E-state index in [0.29, 0.717) is 11.8 Å². The van der Waals surface area contributed by atoms with Crippen molar-refractivity contribution in [1.82, 2.24) is 0 Å². The average Bonchev–Trinajstić information content (AvgIpc) is 2.10. The molecule has 0 fully saturated rings. The quantitative estimate of drug-likeness (QED) is 0.576. The highest BCUT2D eigenvalue weighted by Gasteiger charge is 2.28. The van der Waals surface area contributed by atoms with E-state index in [1.165, 1.54) is 0 Å². The van der Waals surface area contributed by atoms with Crippen LogP contribution < -0.4 is 0 Å². The fraction of sp³-hybridized carbons (Fsp3) is 1.00. The van der Waals surface area contributed by atoms with Crippen LogP contribution in [0.4, 0.5) is 0 Å². The zero-order valence-corrected chi connectivity index (χ0v) is 11.9. The fourth-order valence-electron chi connectivity index (χ4n) is 1.84. The van der Waals surface area contributed by atoms with Crippen molar-refractivity contribution >= 4 is 23.2 Å². The number of alkyl halides is 2. The Balaban J connectivity index is 4.04. The molecule has 0 radical (unpaired) electrons. The Morgan fingerprint density at radius 2 is 1.13 bits per heavy atom. The van der Waals surface area contributed by atoms with E-state index in [9.17, 15) is 0 Å². The Labute approximate surface area is 104 Å². The SMILES string of the molecule is CC(C)(CCCCl)OC(C)(C)CCCCl. The van der Waals surface area contributed by atoms with Gasteiger partial charge in [0, 0.05) is 11.8 Å². The Morgan fingerprint density at radius 3 is 1.40 bits per heavy atom. The molecule has 0 aliphatic carbocycles. The standard InChI is InChI=1S/C12H24Cl2O/c1-11(2,7-5-9-13)15-12(3,4)8-6-10-14/h5-10H2,1-4H3. The molecule has 92 valence electrons. The normalized spacial score (nSPS) is 13.2. The third kappa shape index (κ3) is 8.36. The van der Waals surface area contributed by atoms with Gasteiger partial charge in [0.05, 0.1) is 11.2 Å². The van der Waals surface area contributed by atoms with Crippen molar-refractivity contribution in [2.45, 2.75) is 64.6 Å². The lowest BCUT2D eigenvalue weighted by molar-refractivity contribution is -0.129. The molecule has 0 N–H and O–H groups in total. The number of rotatable bonds is 8. The van der Waals surface area contributed by atoms with Gasteiger partial charge < -0.3 is 4.74 Å². The van der Waals surface area contributed by atoms with Crippen molar-refractivity contribution in [3.63, 3.8) is 0 Å². The van der Waals surface area contributed by atoms with Gasteiger partial charge in [-0.3, -0.25) is 0 Å². The van der Waals surface area contributed by atoms with Gasteiger partial charge in [0.25, 0.3) is 0 Å². The lowest BCUT2D eigenvalue weighted by Gasteiger charge is -2.36. The Hall–Kier alpha value is 0.540. The minimum absolute atomic E-state index is 0.0926. The van der Waals surface area contributed by atoms with Gasteiger partial charge in [-0.2, -0.15) is 0 Å². The largest absolute Gasteiger partial charge is 0.370 e. The average molecular weight is 255 g/mol. The van der Waals surface area contributed by atoms with Crippen molar-refractivity contribution < 1.29 is 4.74 Å². The van der Waals surface area contributed by atoms with Gasteiger partial charge in [-0.1, -0.05) is 0 Å². The first-order valence-corrected chi connectivity index (χ1v) is 6.72. The highest BCUT2D eigenvalue weighted by atomic mass is 35.5. The van der Waals surface area contributed by atoms with Crippen LogP contribution >= 0.6 is 23.2 Å². The number of hydrogen-bond donors (Lipinski definition) is 0. The van der Waals surface area contributed by atoms with Crippen LogP contribution in [0.1, 0.15) is 53.4 Å². The molecule has 0 aromatic carbocycles. The summed E-state index contributed by atoms with van der Waals surface area (Å²) in [6.45, 7) is 8.51. The van der Waals surface area contributed by atoms with E-state index < -0.39 is 0 Å². The molecule has 3 heteroatoms. The molecule has 0 amide bonds. The maximum Gasteiger partial charge on any atom is 0.0634 e. The van der Waals surface area contributed by atoms with Gasteiger partial charge in [-0.25, -0.2) is 0 Å². The molecule has 0 bridgehead atoms. The van der Waals surface area contributed by atoms with E-state index in [-0.39, 0.29) is 11.2 Å². The van der Waals surface area contributed by atoms with Crippen molar-refractivity contribution in [2.75, 3.05) is 11.8 Å². The molecule has 0 aromatic rings. The molecule has 1 nitrogen and oxygen atoms in total. The molecule has 15 heavy (non-hydrogen) atoms. The predicted octanol–water partition coefficient (Wildman–Crippen LogP) is 4.60. The number of halogens is 2. The summed E-state index contributed by atoms with van der Waals surface area (Å²) in [5.41, 5.74) is -0.185. The first-order chi connectivity index (χ1) is 6.83. The van der Waals surface area contributed by atoms with Gasteiger partial charge in [0.1, 0.15) is 0 Å². The van der Waals surface area contributed by atoms with E-state index in [4.69, 9.17) is 27.9 Å². The summed E-state index contributed by atoms with van der Waals surface area (Å²) in [5, 5.41) is 0. The molecule has 0 spiro atoms. The molecule has 0 rings (SSSR count). The molecule has 0 aliphatic heterocycles. The van der Waals surface area contributed by atoms with E-state index in [2.05, 4.69) is 27.7 Å². The summed E-state index contributed by atoms with van der Waals surface area (Å²) in [7, 11) is 0. The highest BCUT2D eigenvalue weighted by molar-refractivity contribution is 6.18. The lowest BCUT2D eigenvalue weighted by Crippen LogP contribution is -2.37. The smallest absolute Gasteiger partial charge is 0.0634 e. The first kappa shape index (κ1) is 15.5. The van der Waals surface area contributed by atoms with Gasteiger partial charge >= 0.3 is 0 Å². The zero-order valence-electron chi connectivity index (χ0n) is 10.4. The van der Waals surface area contributed by atoms with Crippen LogP contribution in [0.15, 0.2) is 0 Å². The molecule has 0 aromatic heterocycles. The summed E-state index contributed by atoms with van der Waals surface area (Å²) in [6.07, 6.45) is 4.00. The van der Waals surface area contributed by atoms with E-state index >= 15 is 0 Å². The second kappa shape index (κ2) is 6.98. The van der Waals surface area contributed by atoms with Crippen molar-refractivity contribution in [1.29, 1.82) is 0 Å². The second-order valence-electron chi connectivity index (χ2n) is 5.21. The minimum Gasteiger partial charge on any atom is -0.370 e. The third-order valence-electron chi connectivity index (χ3n) is 2.38. The lowest BCUT2D eigenvalue weighted by atomic mass is 9.98. The van der Waals surface area contributed by atoms with Crippen molar-refractivity contribution in [2.24, 2.45) is 0 Å². The third-order valence-corrected chi connectivity index (χ3v) is 2.91. The zero-order chi connectivity index (χ0) is 11.9. The summed E-state index contributed by atoms with van der Waals surface area (Å²) in [6, 6.07) is 0. The van der Waals surface area contributed by atoms with Gasteiger partial charge in [-0.15, -0.1) is 23.2 Å². The van der Waals surface area contributed by atoms with Crippen LogP contribution in [0.5, 0.6) is 0 Å². The van der Waals surface area contributed by atoms with Gasteiger partial charge in [0.2, 0.25) is 0 Å². The minimum atomic E-state index is -0.0926. The summed E-state index contributed by atoms with van der Waals surface area (Å²) in [5.74, 6) is 1.41. The van der Waals surface area contributed by atoms with Crippen LogP contribution in [-0.4, -0.2) is 23.0 Å². The van der Waals surface area contributed by atoms with E-state index in [1.807, 2.05) is 0 Å². The number of hydrogen-bond acceptors (Lipinski definition) is 1. The molecule has 0 aliphatic rings. The van der Waals surface area contributed by atoms with Crippen LogP contribution in [0.2, 0.25) is 0 Å². The van der Waals surface area contributed by atoms with Crippen LogP contribution in [-0.2, 0) is 4.74 Å². The topological polar surface area (TPSA) is 9.23 Å². The van der Waals surface area contributed by atoms with Gasteiger partial charge in [0.15, 0.2) is 0 Å². The van der Waals surface area contributed by atoms with Gasteiger partial charge in [-0.05, 0) is 53.4 Å². The fourth-order valence-corrected chi connectivity index (χ4v) is 2.10. The van der Waals surface area contributed by atoms with Crippen molar-refractivity contribution in [3.8, 4) is 0 Å². The molecule has 0 atom stereocenters. The monoisotopic (exact) mass is 254 g/mol. The molecule has 0 unspecified atom stereocenters. The summed E-state index contributed by atoms with van der Waals surface area (Å²) < 4.78 is 6.11. The Morgan fingerprint density at radius 1 is 0.800 bits per heavy atom. The summed E-state index contributed by atoms with van der Waals surface area (Å²) in [4.78, 5) is 0. The molecular formula is C12H24Cl2O. The van der Waals surface area contributed by atoms with Crippen molar-refractivity contribution in [3.05, 3.63) is 0 Å². The summed E-state index contributed by atoms with van der Waals surface area (Å²) >= 11 is 11.4. The van der Waals surface area contributed by atoms with Crippen LogP contribution in [0.25, 0.3) is 0 Å². The van der Waals surface area contributed by atoms with Crippen LogP contribution in [0, 0.1) is 0 Å². The molecule has 0 heterocycles. The van der Waals surface area contributed by atoms with E-state index in [1.54, 1.807) is 0 Å². The maximum atomic E-state index is 6.11.